The monoisotopic (exact) mass is 253 g/mol. The first-order valence-electron chi connectivity index (χ1n) is 6.00. The van der Waals surface area contributed by atoms with E-state index in [0.29, 0.717) is 23.7 Å². The third-order valence-electron chi connectivity index (χ3n) is 2.92. The fourth-order valence-electron chi connectivity index (χ4n) is 1.82. The predicted octanol–water partition coefficient (Wildman–Crippen LogP) is 3.45. The molecule has 0 bridgehead atoms. The van der Waals surface area contributed by atoms with E-state index in [4.69, 9.17) is 14.7 Å². The first-order chi connectivity index (χ1) is 9.24. The minimum Gasteiger partial charge on any atom is -0.493 e. The molecular weight excluding hydrogens is 238 g/mol. The van der Waals surface area contributed by atoms with Gasteiger partial charge in [-0.05, 0) is 42.3 Å². The number of methoxy groups -OCH3 is 1. The number of benzene rings is 2. The van der Waals surface area contributed by atoms with Crippen LogP contribution in [0.5, 0.6) is 11.5 Å². The molecule has 0 aliphatic heterocycles. The second-order valence-electron chi connectivity index (χ2n) is 4.19. The van der Waals surface area contributed by atoms with Crippen molar-refractivity contribution >= 4 is 0 Å². The lowest BCUT2D eigenvalue weighted by Crippen LogP contribution is -1.99. The van der Waals surface area contributed by atoms with E-state index in [0.717, 1.165) is 11.1 Å². The zero-order chi connectivity index (χ0) is 13.7. The van der Waals surface area contributed by atoms with Gasteiger partial charge < -0.3 is 9.47 Å². The smallest absolute Gasteiger partial charge is 0.161 e. The summed E-state index contributed by atoms with van der Waals surface area (Å²) in [6.45, 7) is 2.43. The minimum atomic E-state index is 0.456. The molecule has 0 aliphatic carbocycles. The zero-order valence-corrected chi connectivity index (χ0v) is 11.0. The van der Waals surface area contributed by atoms with Gasteiger partial charge in [0, 0.05) is 0 Å². The number of hydrogen-bond donors (Lipinski definition) is 0. The van der Waals surface area contributed by atoms with Crippen molar-refractivity contribution in [2.45, 2.75) is 13.5 Å². The van der Waals surface area contributed by atoms with Crippen molar-refractivity contribution < 1.29 is 9.47 Å². The highest BCUT2D eigenvalue weighted by Crippen LogP contribution is 2.27. The van der Waals surface area contributed by atoms with Crippen LogP contribution in [-0.4, -0.2) is 7.11 Å². The fraction of sp³-hybridized carbons (Fsp3) is 0.188. The van der Waals surface area contributed by atoms with Crippen LogP contribution < -0.4 is 9.47 Å². The molecule has 2 aromatic rings. The number of aryl methyl sites for hydroxylation is 1. The summed E-state index contributed by atoms with van der Waals surface area (Å²) in [7, 11) is 1.62. The average molecular weight is 253 g/mol. The van der Waals surface area contributed by atoms with E-state index in [1.54, 1.807) is 13.2 Å². The number of nitrogens with zero attached hydrogens (tertiary/aromatic N) is 1. The molecule has 0 saturated heterocycles. The molecule has 0 N–H and O–H groups in total. The predicted molar refractivity (Wildman–Crippen MR) is 73.2 cm³/mol. The van der Waals surface area contributed by atoms with E-state index >= 15 is 0 Å². The van der Waals surface area contributed by atoms with Crippen molar-refractivity contribution in [3.63, 3.8) is 0 Å². The summed E-state index contributed by atoms with van der Waals surface area (Å²) in [4.78, 5) is 0. The summed E-state index contributed by atoms with van der Waals surface area (Å²) in [5.41, 5.74) is 2.78. The molecular formula is C16H15NO2. The standard InChI is InChI=1S/C16H15NO2/c1-12-9-13(10-17)7-8-14(12)11-19-16-6-4-3-5-15(16)18-2/h3-9H,11H2,1-2H3. The van der Waals surface area contributed by atoms with Crippen molar-refractivity contribution in [2.24, 2.45) is 0 Å². The zero-order valence-electron chi connectivity index (χ0n) is 11.0. The molecule has 0 amide bonds. The Hall–Kier alpha value is -2.47. The molecule has 3 nitrogen and oxygen atoms in total. The maximum atomic E-state index is 8.83. The highest BCUT2D eigenvalue weighted by molar-refractivity contribution is 5.40. The molecule has 2 rings (SSSR count). The van der Waals surface area contributed by atoms with E-state index in [-0.39, 0.29) is 0 Å². The van der Waals surface area contributed by atoms with Gasteiger partial charge in [-0.15, -0.1) is 0 Å². The molecule has 2 aromatic carbocycles. The Bertz CT molecular complexity index is 614. The van der Waals surface area contributed by atoms with Gasteiger partial charge in [0.1, 0.15) is 6.61 Å². The van der Waals surface area contributed by atoms with Crippen LogP contribution in [0.3, 0.4) is 0 Å². The van der Waals surface area contributed by atoms with Crippen molar-refractivity contribution in [3.05, 3.63) is 59.2 Å². The first-order valence-corrected chi connectivity index (χ1v) is 6.00. The number of para-hydroxylation sites is 2. The molecule has 0 heterocycles. The summed E-state index contributed by atoms with van der Waals surface area (Å²) in [6.07, 6.45) is 0. The van der Waals surface area contributed by atoms with Crippen LogP contribution in [0.1, 0.15) is 16.7 Å². The topological polar surface area (TPSA) is 42.2 Å². The van der Waals surface area contributed by atoms with Gasteiger partial charge in [-0.2, -0.15) is 5.26 Å². The van der Waals surface area contributed by atoms with E-state index in [1.165, 1.54) is 0 Å². The number of hydrogen-bond acceptors (Lipinski definition) is 3. The molecule has 19 heavy (non-hydrogen) atoms. The van der Waals surface area contributed by atoms with E-state index in [1.807, 2.05) is 43.3 Å². The molecule has 0 spiro atoms. The van der Waals surface area contributed by atoms with E-state index < -0.39 is 0 Å². The number of ether oxygens (including phenoxy) is 2. The van der Waals surface area contributed by atoms with Crippen LogP contribution in [0.15, 0.2) is 42.5 Å². The Labute approximate surface area is 113 Å². The van der Waals surface area contributed by atoms with Gasteiger partial charge in [0.05, 0.1) is 18.7 Å². The van der Waals surface area contributed by atoms with Gasteiger partial charge in [-0.3, -0.25) is 0 Å². The number of rotatable bonds is 4. The Morgan fingerprint density at radius 1 is 1.11 bits per heavy atom. The van der Waals surface area contributed by atoms with Crippen LogP contribution >= 0.6 is 0 Å². The minimum absolute atomic E-state index is 0.456. The quantitative estimate of drug-likeness (QED) is 0.838. The molecule has 0 saturated carbocycles. The van der Waals surface area contributed by atoms with Crippen molar-refractivity contribution in [1.82, 2.24) is 0 Å². The first kappa shape index (κ1) is 13.0. The summed E-state index contributed by atoms with van der Waals surface area (Å²) >= 11 is 0. The molecule has 0 aromatic heterocycles. The normalized spacial score (nSPS) is 9.74. The van der Waals surface area contributed by atoms with Gasteiger partial charge >= 0.3 is 0 Å². The van der Waals surface area contributed by atoms with Crippen LogP contribution in [-0.2, 0) is 6.61 Å². The molecule has 0 radical (unpaired) electrons. The summed E-state index contributed by atoms with van der Waals surface area (Å²) in [5.74, 6) is 1.43. The Kier molecular flexibility index (Phi) is 4.04. The Morgan fingerprint density at radius 2 is 1.84 bits per heavy atom. The SMILES string of the molecule is COc1ccccc1OCc1ccc(C#N)cc1C. The number of nitriles is 1. The summed E-state index contributed by atoms with van der Waals surface area (Å²) in [6, 6.07) is 15.3. The van der Waals surface area contributed by atoms with Crippen LogP contribution in [0, 0.1) is 18.3 Å². The molecule has 0 unspecified atom stereocenters. The van der Waals surface area contributed by atoms with Gasteiger partial charge in [0.2, 0.25) is 0 Å². The molecule has 96 valence electrons. The van der Waals surface area contributed by atoms with Crippen LogP contribution in [0.25, 0.3) is 0 Å². The molecule has 0 atom stereocenters. The summed E-state index contributed by atoms with van der Waals surface area (Å²) < 4.78 is 11.0. The van der Waals surface area contributed by atoms with Crippen LogP contribution in [0.2, 0.25) is 0 Å². The van der Waals surface area contributed by atoms with Crippen molar-refractivity contribution in [1.29, 1.82) is 5.26 Å². The van der Waals surface area contributed by atoms with Crippen molar-refractivity contribution in [2.75, 3.05) is 7.11 Å². The van der Waals surface area contributed by atoms with Gasteiger partial charge in [0.15, 0.2) is 11.5 Å². The van der Waals surface area contributed by atoms with E-state index in [9.17, 15) is 0 Å². The third kappa shape index (κ3) is 3.05. The van der Waals surface area contributed by atoms with E-state index in [2.05, 4.69) is 6.07 Å². The van der Waals surface area contributed by atoms with Crippen molar-refractivity contribution in [3.8, 4) is 17.6 Å². The van der Waals surface area contributed by atoms with Gasteiger partial charge in [-0.25, -0.2) is 0 Å². The third-order valence-corrected chi connectivity index (χ3v) is 2.92. The highest BCUT2D eigenvalue weighted by Gasteiger charge is 2.05. The van der Waals surface area contributed by atoms with Gasteiger partial charge in [-0.1, -0.05) is 18.2 Å². The van der Waals surface area contributed by atoms with Gasteiger partial charge in [0.25, 0.3) is 0 Å². The highest BCUT2D eigenvalue weighted by atomic mass is 16.5. The lowest BCUT2D eigenvalue weighted by molar-refractivity contribution is 0.284. The average Bonchev–Trinajstić information content (AvgIpc) is 2.46. The lowest BCUT2D eigenvalue weighted by atomic mass is 10.1. The maximum absolute atomic E-state index is 8.83. The fourth-order valence-corrected chi connectivity index (χ4v) is 1.82. The maximum Gasteiger partial charge on any atom is 0.161 e. The molecule has 0 aliphatic rings. The molecule has 3 heteroatoms. The largest absolute Gasteiger partial charge is 0.493 e. The van der Waals surface area contributed by atoms with Crippen LogP contribution in [0.4, 0.5) is 0 Å². The summed E-state index contributed by atoms with van der Waals surface area (Å²) in [5, 5.41) is 8.83. The molecule has 0 fully saturated rings. The Balaban J connectivity index is 2.13. The Morgan fingerprint density at radius 3 is 2.47 bits per heavy atom. The second-order valence-corrected chi connectivity index (χ2v) is 4.19. The lowest BCUT2D eigenvalue weighted by Gasteiger charge is -2.11. The second kappa shape index (κ2) is 5.92.